The lowest BCUT2D eigenvalue weighted by Crippen LogP contribution is -2.54. The van der Waals surface area contributed by atoms with Gasteiger partial charge < -0.3 is 29.7 Å². The minimum atomic E-state index is -1.50. The number of Topliss-reactive ketones (excluding diaryl/α,β-unsaturated/α-hetero) is 1. The lowest BCUT2D eigenvalue weighted by atomic mass is 10.0. The number of carbonyl (C=O) groups excluding carboxylic acids is 4. The molecule has 2 amide bonds. The molecule has 0 fully saturated rings. The van der Waals surface area contributed by atoms with E-state index < -0.39 is 60.6 Å². The number of aryl methyl sites for hydroxylation is 3. The Balaban J connectivity index is 1.70. The molecule has 44 heavy (non-hydrogen) atoms. The Labute approximate surface area is 254 Å². The summed E-state index contributed by atoms with van der Waals surface area (Å²) in [5.41, 5.74) is 2.67. The summed E-state index contributed by atoms with van der Waals surface area (Å²) in [6.45, 7) is 7.74. The summed E-state index contributed by atoms with van der Waals surface area (Å²) in [4.78, 5) is 67.6. The molecule has 0 unspecified atom stereocenters. The summed E-state index contributed by atoms with van der Waals surface area (Å²) in [5, 5.41) is 18.2. The van der Waals surface area contributed by atoms with E-state index in [-0.39, 0.29) is 12.3 Å². The number of esters is 1. The standard InChI is InChI=1S/C31H36N4O9/c1-16(2)28(34-25(37)13-21-12-20(10-11-24(21)42-6)30-32-19(5)35-44-30)29(40)33-22(14-26(38)39)23(36)15-43-31(41)27-17(3)8-7-9-18(27)4/h7-12,16,22,28H,13-15H2,1-6H3,(H,33,40)(H,34,37)(H,38,39)/t22-,28-/m0/s1. The molecular weight excluding hydrogens is 572 g/mol. The molecule has 234 valence electrons. The van der Waals surface area contributed by atoms with E-state index in [9.17, 15) is 29.1 Å². The highest BCUT2D eigenvalue weighted by molar-refractivity contribution is 5.98. The third kappa shape index (κ3) is 8.72. The van der Waals surface area contributed by atoms with Gasteiger partial charge in [-0.1, -0.05) is 37.2 Å². The molecule has 2 aromatic carbocycles. The zero-order valence-electron chi connectivity index (χ0n) is 25.4. The first-order valence-corrected chi connectivity index (χ1v) is 13.9. The number of methoxy groups -OCH3 is 1. The molecular formula is C31H36N4O9. The van der Waals surface area contributed by atoms with Crippen molar-refractivity contribution < 1.29 is 43.1 Å². The number of ketones is 1. The van der Waals surface area contributed by atoms with Crippen molar-refractivity contribution in [2.24, 2.45) is 5.92 Å². The number of ether oxygens (including phenoxy) is 2. The van der Waals surface area contributed by atoms with Crippen LogP contribution in [0.5, 0.6) is 5.75 Å². The van der Waals surface area contributed by atoms with E-state index in [2.05, 4.69) is 20.8 Å². The highest BCUT2D eigenvalue weighted by atomic mass is 16.5. The van der Waals surface area contributed by atoms with Gasteiger partial charge in [-0.15, -0.1) is 0 Å². The van der Waals surface area contributed by atoms with Gasteiger partial charge in [-0.05, 0) is 56.0 Å². The molecule has 3 rings (SSSR count). The van der Waals surface area contributed by atoms with Crippen LogP contribution in [0, 0.1) is 26.7 Å². The molecule has 1 heterocycles. The van der Waals surface area contributed by atoms with Gasteiger partial charge in [0.25, 0.3) is 5.89 Å². The summed E-state index contributed by atoms with van der Waals surface area (Å²) in [6, 6.07) is 7.63. The molecule has 0 aliphatic rings. The third-order valence-electron chi connectivity index (χ3n) is 6.79. The number of nitrogens with one attached hydrogen (secondary N) is 2. The molecule has 3 N–H and O–H groups in total. The Morgan fingerprint density at radius 1 is 1.00 bits per heavy atom. The Morgan fingerprint density at radius 3 is 2.25 bits per heavy atom. The lowest BCUT2D eigenvalue weighted by molar-refractivity contribution is -0.141. The molecule has 3 aromatic rings. The first-order valence-electron chi connectivity index (χ1n) is 13.9. The summed E-state index contributed by atoms with van der Waals surface area (Å²) in [7, 11) is 1.46. The highest BCUT2D eigenvalue weighted by Gasteiger charge is 2.31. The summed E-state index contributed by atoms with van der Waals surface area (Å²) in [5.74, 6) is -3.50. The van der Waals surface area contributed by atoms with Crippen molar-refractivity contribution >= 4 is 29.5 Å². The van der Waals surface area contributed by atoms with Gasteiger partial charge in [0.15, 0.2) is 18.2 Å². The van der Waals surface area contributed by atoms with Crippen LogP contribution in [0.25, 0.3) is 11.5 Å². The quantitative estimate of drug-likeness (QED) is 0.228. The second-order valence-electron chi connectivity index (χ2n) is 10.6. The van der Waals surface area contributed by atoms with Gasteiger partial charge in [-0.3, -0.25) is 19.2 Å². The molecule has 2 atom stereocenters. The predicted molar refractivity (Wildman–Crippen MR) is 157 cm³/mol. The maximum atomic E-state index is 13.3. The second-order valence-corrected chi connectivity index (χ2v) is 10.6. The zero-order chi connectivity index (χ0) is 32.6. The van der Waals surface area contributed by atoms with Crippen molar-refractivity contribution in [1.29, 1.82) is 0 Å². The number of rotatable bonds is 14. The number of carbonyl (C=O) groups is 5. The van der Waals surface area contributed by atoms with Crippen LogP contribution in [0.15, 0.2) is 40.9 Å². The molecule has 13 nitrogen and oxygen atoms in total. The predicted octanol–water partition coefficient (Wildman–Crippen LogP) is 2.74. The number of aromatic nitrogens is 2. The van der Waals surface area contributed by atoms with Crippen molar-refractivity contribution in [3.63, 3.8) is 0 Å². The number of aliphatic carboxylic acids is 1. The van der Waals surface area contributed by atoms with E-state index in [1.165, 1.54) is 7.11 Å². The molecule has 0 bridgehead atoms. The summed E-state index contributed by atoms with van der Waals surface area (Å²) in [6.07, 6.45) is -0.921. The Hall–Kier alpha value is -5.07. The van der Waals surface area contributed by atoms with E-state index in [4.69, 9.17) is 14.0 Å². The van der Waals surface area contributed by atoms with Crippen LogP contribution in [0.2, 0.25) is 0 Å². The number of hydrogen-bond donors (Lipinski definition) is 3. The van der Waals surface area contributed by atoms with Gasteiger partial charge in [0.1, 0.15) is 17.8 Å². The number of benzene rings is 2. The SMILES string of the molecule is COc1ccc(-c2nc(C)no2)cc1CC(=O)N[C@H](C(=O)N[C@@H](CC(=O)O)C(=O)COC(=O)c1c(C)cccc1C)C(C)C. The molecule has 0 aliphatic heterocycles. The zero-order valence-corrected chi connectivity index (χ0v) is 25.4. The fraction of sp³-hybridized carbons (Fsp3) is 0.387. The molecule has 0 saturated heterocycles. The Morgan fingerprint density at radius 2 is 1.68 bits per heavy atom. The van der Waals surface area contributed by atoms with E-state index in [0.717, 1.165) is 0 Å². The summed E-state index contributed by atoms with van der Waals surface area (Å²) < 4.78 is 15.8. The van der Waals surface area contributed by atoms with E-state index in [1.54, 1.807) is 71.0 Å². The number of hydrogen-bond acceptors (Lipinski definition) is 10. The number of amides is 2. The highest BCUT2D eigenvalue weighted by Crippen LogP contribution is 2.26. The average molecular weight is 609 g/mol. The van der Waals surface area contributed by atoms with Crippen LogP contribution in [0.3, 0.4) is 0 Å². The number of carboxylic acids is 1. The first-order chi connectivity index (χ1) is 20.8. The maximum Gasteiger partial charge on any atom is 0.339 e. The van der Waals surface area contributed by atoms with E-state index in [0.29, 0.717) is 39.4 Å². The number of nitrogens with zero attached hydrogens (tertiary/aromatic N) is 2. The summed E-state index contributed by atoms with van der Waals surface area (Å²) >= 11 is 0. The monoisotopic (exact) mass is 608 g/mol. The van der Waals surface area contributed by atoms with Crippen LogP contribution >= 0.6 is 0 Å². The van der Waals surface area contributed by atoms with Crippen LogP contribution < -0.4 is 15.4 Å². The minimum Gasteiger partial charge on any atom is -0.496 e. The van der Waals surface area contributed by atoms with Gasteiger partial charge in [0, 0.05) is 11.1 Å². The Kier molecular flexibility index (Phi) is 11.3. The Bertz CT molecular complexity index is 1530. The largest absolute Gasteiger partial charge is 0.496 e. The van der Waals surface area contributed by atoms with E-state index >= 15 is 0 Å². The van der Waals surface area contributed by atoms with Crippen molar-refractivity contribution in [3.8, 4) is 17.2 Å². The van der Waals surface area contributed by atoms with Gasteiger partial charge in [-0.25, -0.2) is 4.79 Å². The van der Waals surface area contributed by atoms with Crippen LogP contribution in [0.4, 0.5) is 0 Å². The van der Waals surface area contributed by atoms with Gasteiger partial charge in [0.2, 0.25) is 11.8 Å². The van der Waals surface area contributed by atoms with E-state index in [1.807, 2.05) is 0 Å². The molecule has 0 saturated carbocycles. The topological polar surface area (TPSA) is 187 Å². The smallest absolute Gasteiger partial charge is 0.339 e. The van der Waals surface area contributed by atoms with Crippen LogP contribution in [0.1, 0.15) is 53.1 Å². The van der Waals surface area contributed by atoms with Gasteiger partial charge >= 0.3 is 11.9 Å². The molecule has 13 heteroatoms. The number of carboxylic acid groups (broad SMARTS) is 1. The second kappa shape index (κ2) is 14.9. The van der Waals surface area contributed by atoms with Crippen LogP contribution in [-0.2, 0) is 30.3 Å². The van der Waals surface area contributed by atoms with Crippen molar-refractivity contribution in [1.82, 2.24) is 20.8 Å². The van der Waals surface area contributed by atoms with Crippen LogP contribution in [-0.4, -0.2) is 70.6 Å². The lowest BCUT2D eigenvalue weighted by Gasteiger charge is -2.25. The van der Waals surface area contributed by atoms with Crippen molar-refractivity contribution in [2.75, 3.05) is 13.7 Å². The van der Waals surface area contributed by atoms with Gasteiger partial charge in [-0.2, -0.15) is 4.98 Å². The molecule has 0 aliphatic carbocycles. The average Bonchev–Trinajstić information content (AvgIpc) is 3.39. The van der Waals surface area contributed by atoms with Gasteiger partial charge in [0.05, 0.1) is 25.5 Å². The maximum absolute atomic E-state index is 13.3. The first kappa shape index (κ1) is 33.4. The van der Waals surface area contributed by atoms with Crippen molar-refractivity contribution in [2.45, 2.75) is 59.5 Å². The fourth-order valence-corrected chi connectivity index (χ4v) is 4.52. The molecule has 0 radical (unpaired) electrons. The fourth-order valence-electron chi connectivity index (χ4n) is 4.52. The normalized spacial score (nSPS) is 12.2. The van der Waals surface area contributed by atoms with Crippen molar-refractivity contribution in [3.05, 3.63) is 64.5 Å². The third-order valence-corrected chi connectivity index (χ3v) is 6.79. The molecule has 0 spiro atoms. The minimum absolute atomic E-state index is 0.174. The molecule has 1 aromatic heterocycles.